The van der Waals surface area contributed by atoms with E-state index < -0.39 is 23.8 Å². The second kappa shape index (κ2) is 10.6. The van der Waals surface area contributed by atoms with Gasteiger partial charge in [0.05, 0.1) is 12.7 Å². The van der Waals surface area contributed by atoms with E-state index >= 15 is 0 Å². The fourth-order valence-corrected chi connectivity index (χ4v) is 3.53. The third kappa shape index (κ3) is 8.05. The first-order valence-electron chi connectivity index (χ1n) is 10.6. The average Bonchev–Trinajstić information content (AvgIpc) is 2.65. The van der Waals surface area contributed by atoms with E-state index in [0.717, 1.165) is 24.8 Å². The van der Waals surface area contributed by atoms with Crippen LogP contribution in [-0.4, -0.2) is 35.8 Å². The molecule has 6 heteroatoms. The van der Waals surface area contributed by atoms with Gasteiger partial charge in [0, 0.05) is 6.04 Å². The Balaban J connectivity index is 2.04. The van der Waals surface area contributed by atoms with Crippen molar-refractivity contribution in [2.24, 2.45) is 5.92 Å². The van der Waals surface area contributed by atoms with Crippen LogP contribution in [0.1, 0.15) is 65.9 Å². The highest BCUT2D eigenvalue weighted by molar-refractivity contribution is 5.86. The van der Waals surface area contributed by atoms with Crippen molar-refractivity contribution in [3.63, 3.8) is 0 Å². The zero-order valence-electron chi connectivity index (χ0n) is 18.4. The second-order valence-electron chi connectivity index (χ2n) is 9.00. The molecule has 2 rings (SSSR count). The Bertz CT molecular complexity index is 657. The van der Waals surface area contributed by atoms with Gasteiger partial charge in [-0.2, -0.15) is 0 Å². The molecular formula is C23H36N2O4. The lowest BCUT2D eigenvalue weighted by molar-refractivity contribution is -0.128. The Morgan fingerprint density at radius 1 is 1.14 bits per heavy atom. The zero-order chi connectivity index (χ0) is 21.4. The maximum absolute atomic E-state index is 13.0. The summed E-state index contributed by atoms with van der Waals surface area (Å²) in [4.78, 5) is 25.4. The fraction of sp³-hybridized carbons (Fsp3) is 0.652. The Labute approximate surface area is 174 Å². The minimum absolute atomic E-state index is 0.125. The van der Waals surface area contributed by atoms with Crippen LogP contribution in [0.5, 0.6) is 0 Å². The van der Waals surface area contributed by atoms with Crippen molar-refractivity contribution >= 4 is 12.0 Å². The topological polar surface area (TPSA) is 76.7 Å². The van der Waals surface area contributed by atoms with E-state index in [4.69, 9.17) is 9.47 Å². The molecule has 0 aliphatic heterocycles. The van der Waals surface area contributed by atoms with Crippen LogP contribution >= 0.6 is 0 Å². The minimum Gasteiger partial charge on any atom is -0.444 e. The molecule has 1 aliphatic carbocycles. The van der Waals surface area contributed by atoms with Gasteiger partial charge in [-0.15, -0.1) is 0 Å². The normalized spacial score (nSPS) is 21.7. The Morgan fingerprint density at radius 3 is 2.41 bits per heavy atom. The lowest BCUT2D eigenvalue weighted by atomic mass is 9.86. The molecule has 0 aromatic heterocycles. The summed E-state index contributed by atoms with van der Waals surface area (Å²) in [6, 6.07) is 9.05. The molecule has 1 aliphatic rings. The van der Waals surface area contributed by atoms with Crippen molar-refractivity contribution in [3.8, 4) is 0 Å². The third-order valence-electron chi connectivity index (χ3n) is 5.22. The molecule has 0 radical (unpaired) electrons. The van der Waals surface area contributed by atoms with Gasteiger partial charge in [-0.3, -0.25) is 4.79 Å². The highest BCUT2D eigenvalue weighted by Crippen LogP contribution is 2.24. The summed E-state index contributed by atoms with van der Waals surface area (Å²) in [6.45, 7) is 9.70. The molecule has 2 amide bonds. The molecule has 0 spiro atoms. The van der Waals surface area contributed by atoms with Crippen LogP contribution in [0.25, 0.3) is 0 Å². The third-order valence-corrected chi connectivity index (χ3v) is 5.22. The first-order valence-corrected chi connectivity index (χ1v) is 10.6. The van der Waals surface area contributed by atoms with Gasteiger partial charge < -0.3 is 20.1 Å². The first kappa shape index (κ1) is 23.2. The van der Waals surface area contributed by atoms with Crippen LogP contribution in [0, 0.1) is 5.92 Å². The summed E-state index contributed by atoms with van der Waals surface area (Å²) in [5.74, 6) is 0.200. The van der Waals surface area contributed by atoms with Gasteiger partial charge in [0.15, 0.2) is 0 Å². The minimum atomic E-state index is -0.831. The van der Waals surface area contributed by atoms with Crippen molar-refractivity contribution < 1.29 is 19.1 Å². The molecule has 0 heterocycles. The molecule has 1 aromatic rings. The van der Waals surface area contributed by atoms with Crippen LogP contribution in [0.2, 0.25) is 0 Å². The summed E-state index contributed by atoms with van der Waals surface area (Å²) in [5, 5.41) is 5.84. The maximum atomic E-state index is 13.0. The lowest BCUT2D eigenvalue weighted by Gasteiger charge is -2.32. The van der Waals surface area contributed by atoms with E-state index in [-0.39, 0.29) is 11.9 Å². The molecule has 29 heavy (non-hydrogen) atoms. The smallest absolute Gasteiger partial charge is 0.408 e. The number of nitrogens with one attached hydrogen (secondary N) is 2. The van der Waals surface area contributed by atoms with E-state index in [9.17, 15) is 9.59 Å². The van der Waals surface area contributed by atoms with Gasteiger partial charge in [-0.25, -0.2) is 4.79 Å². The van der Waals surface area contributed by atoms with Gasteiger partial charge in [-0.05, 0) is 52.0 Å². The highest BCUT2D eigenvalue weighted by Gasteiger charge is 2.32. The number of alkyl carbamates (subject to hydrolysis) is 1. The number of hydrogen-bond donors (Lipinski definition) is 2. The van der Waals surface area contributed by atoms with Gasteiger partial charge in [0.25, 0.3) is 0 Å². The summed E-state index contributed by atoms with van der Waals surface area (Å²) < 4.78 is 11.3. The molecule has 1 aromatic carbocycles. The van der Waals surface area contributed by atoms with E-state index in [0.29, 0.717) is 12.5 Å². The van der Waals surface area contributed by atoms with E-state index in [1.165, 1.54) is 6.42 Å². The second-order valence-corrected chi connectivity index (χ2v) is 9.00. The van der Waals surface area contributed by atoms with Crippen molar-refractivity contribution in [2.75, 3.05) is 0 Å². The standard InChI is InChI=1S/C23H36N2O4/c1-16-11-9-10-14-19(16)24-21(26)20(25-22(27)29-23(3,4)5)17(2)28-15-18-12-7-6-8-13-18/h6-8,12-13,16-17,19-20H,9-11,14-15H2,1-5H3,(H,24,26)(H,25,27)/t16-,17+,19+,20-/m1/s1. The number of carbonyl (C=O) groups is 2. The largest absolute Gasteiger partial charge is 0.444 e. The van der Waals surface area contributed by atoms with Gasteiger partial charge in [0.2, 0.25) is 5.91 Å². The monoisotopic (exact) mass is 404 g/mol. The quantitative estimate of drug-likeness (QED) is 0.715. The van der Waals surface area contributed by atoms with Crippen LogP contribution in [0.15, 0.2) is 30.3 Å². The number of hydrogen-bond acceptors (Lipinski definition) is 4. The van der Waals surface area contributed by atoms with Crippen LogP contribution < -0.4 is 10.6 Å². The molecule has 0 saturated heterocycles. The Kier molecular flexibility index (Phi) is 8.50. The fourth-order valence-electron chi connectivity index (χ4n) is 3.53. The molecule has 0 unspecified atom stereocenters. The Hall–Kier alpha value is -2.08. The summed E-state index contributed by atoms with van der Waals surface area (Å²) >= 11 is 0. The van der Waals surface area contributed by atoms with Crippen molar-refractivity contribution in [1.29, 1.82) is 0 Å². The molecule has 4 atom stereocenters. The van der Waals surface area contributed by atoms with Crippen molar-refractivity contribution in [3.05, 3.63) is 35.9 Å². The summed E-state index contributed by atoms with van der Waals surface area (Å²) in [6.07, 6.45) is 3.25. The van der Waals surface area contributed by atoms with Crippen LogP contribution in [0.4, 0.5) is 4.79 Å². The van der Waals surface area contributed by atoms with Gasteiger partial charge >= 0.3 is 6.09 Å². The molecule has 162 valence electrons. The number of benzene rings is 1. The average molecular weight is 405 g/mol. The highest BCUT2D eigenvalue weighted by atomic mass is 16.6. The number of ether oxygens (including phenoxy) is 2. The molecule has 2 N–H and O–H groups in total. The van der Waals surface area contributed by atoms with Gasteiger partial charge in [-0.1, -0.05) is 50.1 Å². The lowest BCUT2D eigenvalue weighted by Crippen LogP contribution is -2.56. The number of carbonyl (C=O) groups excluding carboxylic acids is 2. The van der Waals surface area contributed by atoms with Crippen LogP contribution in [0.3, 0.4) is 0 Å². The van der Waals surface area contributed by atoms with Gasteiger partial charge in [0.1, 0.15) is 11.6 Å². The summed E-state index contributed by atoms with van der Waals surface area (Å²) in [5.41, 5.74) is 0.369. The predicted octanol–water partition coefficient (Wildman–Crippen LogP) is 4.18. The predicted molar refractivity (Wildman–Crippen MR) is 113 cm³/mol. The maximum Gasteiger partial charge on any atom is 0.408 e. The zero-order valence-corrected chi connectivity index (χ0v) is 18.4. The van der Waals surface area contributed by atoms with Crippen molar-refractivity contribution in [2.45, 2.75) is 90.7 Å². The van der Waals surface area contributed by atoms with Crippen molar-refractivity contribution in [1.82, 2.24) is 10.6 Å². The number of rotatable bonds is 7. The molecule has 6 nitrogen and oxygen atoms in total. The SMILES string of the molecule is C[C@@H]1CCCC[C@@H]1NC(=O)[C@H](NC(=O)OC(C)(C)C)[C@H](C)OCc1ccccc1. The first-order chi connectivity index (χ1) is 13.7. The van der Waals surface area contributed by atoms with E-state index in [1.54, 1.807) is 27.7 Å². The Morgan fingerprint density at radius 2 is 1.79 bits per heavy atom. The van der Waals surface area contributed by atoms with E-state index in [1.807, 2.05) is 30.3 Å². The molecule has 1 saturated carbocycles. The molecule has 1 fully saturated rings. The summed E-state index contributed by atoms with van der Waals surface area (Å²) in [7, 11) is 0. The molecule has 0 bridgehead atoms. The van der Waals surface area contributed by atoms with E-state index in [2.05, 4.69) is 17.6 Å². The molecular weight excluding hydrogens is 368 g/mol. The number of amides is 2. The van der Waals surface area contributed by atoms with Crippen LogP contribution in [-0.2, 0) is 20.9 Å².